The van der Waals surface area contributed by atoms with Crippen LogP contribution in [0.2, 0.25) is 5.02 Å². The highest BCUT2D eigenvalue weighted by atomic mass is 35.5. The molecule has 0 fully saturated rings. The number of benzene rings is 2. The largest absolute Gasteiger partial charge is 0.419 e. The maximum atomic E-state index is 13.0. The highest BCUT2D eigenvalue weighted by Gasteiger charge is 2.18. The van der Waals surface area contributed by atoms with E-state index in [9.17, 15) is 9.18 Å². The molecule has 2 aromatic carbocycles. The summed E-state index contributed by atoms with van der Waals surface area (Å²) in [5.74, 6) is 0.249. The van der Waals surface area contributed by atoms with Crippen molar-refractivity contribution in [3.05, 3.63) is 70.8 Å². The first-order valence-electron chi connectivity index (χ1n) is 8.66. The summed E-state index contributed by atoms with van der Waals surface area (Å²) < 4.78 is 18.7. The van der Waals surface area contributed by atoms with Gasteiger partial charge in [0, 0.05) is 6.54 Å². The molecule has 1 heterocycles. The van der Waals surface area contributed by atoms with Gasteiger partial charge in [-0.05, 0) is 36.2 Å². The number of rotatable bonds is 7. The van der Waals surface area contributed by atoms with Gasteiger partial charge in [-0.3, -0.25) is 4.79 Å². The molecular weight excluding hydrogens is 369 g/mol. The molecular formula is C20H19ClFN3O2. The van der Waals surface area contributed by atoms with Crippen LogP contribution in [0.25, 0.3) is 11.5 Å². The van der Waals surface area contributed by atoms with Crippen LogP contribution in [0.3, 0.4) is 0 Å². The normalized spacial score (nSPS) is 10.8. The van der Waals surface area contributed by atoms with Gasteiger partial charge in [-0.2, -0.15) is 0 Å². The SMILES string of the molecule is CCCN(Cc1nnc(-c2ccccc2Cl)o1)C(=O)Cc1ccc(F)cc1. The molecule has 0 N–H and O–H groups in total. The zero-order valence-electron chi connectivity index (χ0n) is 14.9. The van der Waals surface area contributed by atoms with Crippen LogP contribution in [0, 0.1) is 5.82 Å². The molecule has 7 heteroatoms. The minimum atomic E-state index is -0.324. The van der Waals surface area contributed by atoms with Crippen LogP contribution in [-0.2, 0) is 17.8 Å². The summed E-state index contributed by atoms with van der Waals surface area (Å²) in [6, 6.07) is 13.1. The number of carbonyl (C=O) groups is 1. The molecule has 5 nitrogen and oxygen atoms in total. The number of nitrogens with zero attached hydrogens (tertiary/aromatic N) is 3. The number of amides is 1. The van der Waals surface area contributed by atoms with Crippen molar-refractivity contribution in [1.29, 1.82) is 0 Å². The predicted octanol–water partition coefficient (Wildman–Crippen LogP) is 4.51. The lowest BCUT2D eigenvalue weighted by Crippen LogP contribution is -2.32. The van der Waals surface area contributed by atoms with Crippen molar-refractivity contribution in [3.63, 3.8) is 0 Å². The average Bonchev–Trinajstić information content (AvgIpc) is 3.12. The maximum Gasteiger partial charge on any atom is 0.249 e. The lowest BCUT2D eigenvalue weighted by Gasteiger charge is -2.20. The molecule has 0 aliphatic carbocycles. The molecule has 0 aliphatic rings. The fraction of sp³-hybridized carbons (Fsp3) is 0.250. The fourth-order valence-corrected chi connectivity index (χ4v) is 2.89. The number of hydrogen-bond acceptors (Lipinski definition) is 4. The monoisotopic (exact) mass is 387 g/mol. The van der Waals surface area contributed by atoms with E-state index in [1.165, 1.54) is 12.1 Å². The van der Waals surface area contributed by atoms with Crippen LogP contribution in [0.5, 0.6) is 0 Å². The lowest BCUT2D eigenvalue weighted by molar-refractivity contribution is -0.131. The molecule has 0 aliphatic heterocycles. The Hall–Kier alpha value is -2.73. The highest BCUT2D eigenvalue weighted by Crippen LogP contribution is 2.26. The van der Waals surface area contributed by atoms with E-state index < -0.39 is 0 Å². The van der Waals surface area contributed by atoms with Gasteiger partial charge in [0.25, 0.3) is 0 Å². The van der Waals surface area contributed by atoms with Crippen LogP contribution in [-0.4, -0.2) is 27.5 Å². The van der Waals surface area contributed by atoms with Gasteiger partial charge in [0.15, 0.2) is 0 Å². The number of aromatic nitrogens is 2. The second-order valence-electron chi connectivity index (χ2n) is 6.10. The van der Waals surface area contributed by atoms with Crippen LogP contribution >= 0.6 is 11.6 Å². The first-order chi connectivity index (χ1) is 13.1. The average molecular weight is 388 g/mol. The third-order valence-electron chi connectivity index (χ3n) is 4.01. The molecule has 0 bridgehead atoms. The summed E-state index contributed by atoms with van der Waals surface area (Å²) in [4.78, 5) is 14.3. The molecule has 0 radical (unpaired) electrons. The van der Waals surface area contributed by atoms with Crippen molar-refractivity contribution < 1.29 is 13.6 Å². The van der Waals surface area contributed by atoms with Gasteiger partial charge in [-0.25, -0.2) is 4.39 Å². The third-order valence-corrected chi connectivity index (χ3v) is 4.34. The Bertz CT molecular complexity index is 912. The Morgan fingerprint density at radius 3 is 2.59 bits per heavy atom. The summed E-state index contributed by atoms with van der Waals surface area (Å²) in [5, 5.41) is 8.59. The van der Waals surface area contributed by atoms with Crippen molar-refractivity contribution in [1.82, 2.24) is 15.1 Å². The second kappa shape index (κ2) is 8.77. The van der Waals surface area contributed by atoms with E-state index in [1.807, 2.05) is 19.1 Å². The number of halogens is 2. The molecule has 0 saturated carbocycles. The molecule has 0 unspecified atom stereocenters. The van der Waals surface area contributed by atoms with Crippen LogP contribution in [0.15, 0.2) is 52.9 Å². The Balaban J connectivity index is 1.71. The molecule has 140 valence electrons. The number of carbonyl (C=O) groups excluding carboxylic acids is 1. The molecule has 3 aromatic rings. The second-order valence-corrected chi connectivity index (χ2v) is 6.51. The van der Waals surface area contributed by atoms with Crippen molar-refractivity contribution >= 4 is 17.5 Å². The Morgan fingerprint density at radius 2 is 1.89 bits per heavy atom. The summed E-state index contributed by atoms with van der Waals surface area (Å²) in [6.07, 6.45) is 0.979. The standard InChI is InChI=1S/C20H19ClFN3O2/c1-2-11-25(19(26)12-14-7-9-15(22)10-8-14)13-18-23-24-20(27-18)16-5-3-4-6-17(16)21/h3-10H,2,11-13H2,1H3. The van der Waals surface area contributed by atoms with Crippen LogP contribution in [0.4, 0.5) is 4.39 Å². The van der Waals surface area contributed by atoms with E-state index in [0.717, 1.165) is 12.0 Å². The molecule has 1 aromatic heterocycles. The zero-order chi connectivity index (χ0) is 19.2. The van der Waals surface area contributed by atoms with E-state index in [0.29, 0.717) is 28.9 Å². The minimum absolute atomic E-state index is 0.0825. The molecule has 0 saturated heterocycles. The Kier molecular flexibility index (Phi) is 6.19. The van der Waals surface area contributed by atoms with Crippen LogP contribution in [0.1, 0.15) is 24.8 Å². The van der Waals surface area contributed by atoms with Gasteiger partial charge < -0.3 is 9.32 Å². The first kappa shape index (κ1) is 19.0. The highest BCUT2D eigenvalue weighted by molar-refractivity contribution is 6.33. The Labute approximate surface area is 161 Å². The minimum Gasteiger partial charge on any atom is -0.419 e. The molecule has 0 spiro atoms. The van der Waals surface area contributed by atoms with Crippen LogP contribution < -0.4 is 0 Å². The summed E-state index contributed by atoms with van der Waals surface area (Å²) >= 11 is 6.16. The first-order valence-corrected chi connectivity index (χ1v) is 9.04. The van der Waals surface area contributed by atoms with Crippen molar-refractivity contribution in [2.45, 2.75) is 26.3 Å². The quantitative estimate of drug-likeness (QED) is 0.598. The predicted molar refractivity (Wildman–Crippen MR) is 101 cm³/mol. The van der Waals surface area contributed by atoms with E-state index >= 15 is 0 Å². The van der Waals surface area contributed by atoms with Crippen molar-refractivity contribution in [2.75, 3.05) is 6.54 Å². The van der Waals surface area contributed by atoms with Gasteiger partial charge >= 0.3 is 0 Å². The Morgan fingerprint density at radius 1 is 1.15 bits per heavy atom. The summed E-state index contributed by atoms with van der Waals surface area (Å²) in [7, 11) is 0. The smallest absolute Gasteiger partial charge is 0.249 e. The van der Waals surface area contributed by atoms with Gasteiger partial charge in [-0.15, -0.1) is 10.2 Å². The van der Waals surface area contributed by atoms with Gasteiger partial charge in [0.05, 0.1) is 23.6 Å². The van der Waals surface area contributed by atoms with E-state index in [4.69, 9.17) is 16.0 Å². The lowest BCUT2D eigenvalue weighted by atomic mass is 10.1. The van der Waals surface area contributed by atoms with Crippen molar-refractivity contribution in [2.24, 2.45) is 0 Å². The zero-order valence-corrected chi connectivity index (χ0v) is 15.6. The van der Waals surface area contributed by atoms with E-state index in [1.54, 1.807) is 29.2 Å². The number of hydrogen-bond donors (Lipinski definition) is 0. The van der Waals surface area contributed by atoms with E-state index in [-0.39, 0.29) is 24.7 Å². The maximum absolute atomic E-state index is 13.0. The topological polar surface area (TPSA) is 59.2 Å². The summed E-state index contributed by atoms with van der Waals surface area (Å²) in [6.45, 7) is 2.76. The van der Waals surface area contributed by atoms with Crippen molar-refractivity contribution in [3.8, 4) is 11.5 Å². The third kappa shape index (κ3) is 4.92. The fourth-order valence-electron chi connectivity index (χ4n) is 2.67. The molecule has 27 heavy (non-hydrogen) atoms. The molecule has 0 atom stereocenters. The van der Waals surface area contributed by atoms with E-state index in [2.05, 4.69) is 10.2 Å². The summed E-state index contributed by atoms with van der Waals surface area (Å²) in [5.41, 5.74) is 1.40. The van der Waals surface area contributed by atoms with Gasteiger partial charge in [-0.1, -0.05) is 42.8 Å². The molecule has 1 amide bonds. The molecule has 3 rings (SSSR count). The van der Waals surface area contributed by atoms with Gasteiger partial charge in [0.2, 0.25) is 17.7 Å². The van der Waals surface area contributed by atoms with Gasteiger partial charge in [0.1, 0.15) is 5.82 Å².